The first-order valence-corrected chi connectivity index (χ1v) is 16.0. The molecule has 1 aliphatic heterocycles. The van der Waals surface area contributed by atoms with Gasteiger partial charge < -0.3 is 29.8 Å². The predicted octanol–water partition coefficient (Wildman–Crippen LogP) is 2.26. The Morgan fingerprint density at radius 1 is 1.24 bits per heavy atom. The lowest BCUT2D eigenvalue weighted by Crippen LogP contribution is -2.42. The maximum absolute atomic E-state index is 16.1. The Balaban J connectivity index is 1.58. The molecular weight excluding hydrogens is 630 g/mol. The first-order chi connectivity index (χ1) is 21.8. The smallest absolute Gasteiger partial charge is 0.406 e. The summed E-state index contributed by atoms with van der Waals surface area (Å²) in [4.78, 5) is 37.4. The second-order valence-electron chi connectivity index (χ2n) is 10.8. The lowest BCUT2D eigenvalue weighted by molar-refractivity contribution is -0.149. The van der Waals surface area contributed by atoms with Crippen LogP contribution in [-0.4, -0.2) is 93.5 Å². The molecule has 1 aromatic carbocycles. The molecule has 46 heavy (non-hydrogen) atoms. The topological polar surface area (TPSA) is 208 Å². The van der Waals surface area contributed by atoms with Gasteiger partial charge in [0.05, 0.1) is 32.8 Å². The average Bonchev–Trinajstić information content (AvgIpc) is 3.51. The fourth-order valence-corrected chi connectivity index (χ4v) is 6.15. The highest BCUT2D eigenvalue weighted by Gasteiger charge is 2.56. The summed E-state index contributed by atoms with van der Waals surface area (Å²) in [7, 11) is -3.23. The van der Waals surface area contributed by atoms with E-state index in [1.54, 1.807) is 51.1 Å². The van der Waals surface area contributed by atoms with Crippen LogP contribution in [0.15, 0.2) is 36.7 Å². The standard InChI is InChI=1S/C28H38FN6O10P/c1-6-41-20(36)14-43-46(39,34-18(25(38)44-16(2)3)12-17-10-8-7-9-11-17)42-13-19-22(37)28(4,29)26(45-19)35-15-31-21-23(35)32-27(30)33-24(21)40-5/h7-11,15-16,18-19,22,26,37H,6,12-14H2,1-5H3,(H,34,39)(H2,30,32,33)/t18-,19-,22?,26-,28+,46?/m1/s1. The monoisotopic (exact) mass is 668 g/mol. The minimum absolute atomic E-state index is 0.0117. The molecule has 4 rings (SSSR count). The number of nitrogens with two attached hydrogens (primary N) is 1. The fourth-order valence-electron chi connectivity index (χ4n) is 4.73. The number of anilines is 1. The molecule has 2 aromatic heterocycles. The van der Waals surface area contributed by atoms with Gasteiger partial charge in [0.1, 0.15) is 18.2 Å². The average molecular weight is 669 g/mol. The Morgan fingerprint density at radius 2 is 1.96 bits per heavy atom. The van der Waals surface area contributed by atoms with Gasteiger partial charge in [-0.25, -0.2) is 23.8 Å². The van der Waals surface area contributed by atoms with Crippen molar-refractivity contribution in [1.82, 2.24) is 24.6 Å². The van der Waals surface area contributed by atoms with Crippen molar-refractivity contribution in [3.05, 3.63) is 42.2 Å². The number of carbonyl (C=O) groups excluding carboxylic acids is 2. The van der Waals surface area contributed by atoms with Gasteiger partial charge in [0.15, 0.2) is 29.7 Å². The Kier molecular flexibility index (Phi) is 11.3. The van der Waals surface area contributed by atoms with Crippen LogP contribution in [0.4, 0.5) is 10.3 Å². The van der Waals surface area contributed by atoms with E-state index >= 15 is 4.39 Å². The van der Waals surface area contributed by atoms with E-state index in [0.717, 1.165) is 6.92 Å². The van der Waals surface area contributed by atoms with Crippen molar-refractivity contribution in [1.29, 1.82) is 0 Å². The lowest BCUT2D eigenvalue weighted by atomic mass is 9.98. The maximum Gasteiger partial charge on any atom is 0.406 e. The number of alkyl halides is 1. The second kappa shape index (κ2) is 14.8. The Bertz CT molecular complexity index is 1560. The normalized spacial score (nSPS) is 23.3. The first kappa shape index (κ1) is 35.1. The number of nitrogen functional groups attached to an aromatic ring is 1. The van der Waals surface area contributed by atoms with Crippen LogP contribution in [0.3, 0.4) is 0 Å². The summed E-state index contributed by atoms with van der Waals surface area (Å²) in [6.45, 7) is 4.49. The highest BCUT2D eigenvalue weighted by atomic mass is 31.2. The number of aliphatic hydroxyl groups excluding tert-OH is 1. The number of rotatable bonds is 15. The largest absolute Gasteiger partial charge is 0.479 e. The van der Waals surface area contributed by atoms with Gasteiger partial charge in [-0.05, 0) is 39.7 Å². The van der Waals surface area contributed by atoms with Gasteiger partial charge in [-0.2, -0.15) is 9.97 Å². The molecule has 0 aliphatic carbocycles. The van der Waals surface area contributed by atoms with Crippen molar-refractivity contribution >= 4 is 36.8 Å². The van der Waals surface area contributed by atoms with Crippen molar-refractivity contribution in [2.75, 3.05) is 32.7 Å². The molecule has 2 unspecified atom stereocenters. The molecule has 252 valence electrons. The molecule has 0 spiro atoms. The summed E-state index contributed by atoms with van der Waals surface area (Å²) in [5.74, 6) is -1.74. The first-order valence-electron chi connectivity index (χ1n) is 14.4. The summed E-state index contributed by atoms with van der Waals surface area (Å²) >= 11 is 0. The molecule has 1 saturated heterocycles. The molecule has 18 heteroatoms. The van der Waals surface area contributed by atoms with E-state index in [4.69, 9.17) is 33.7 Å². The number of carbonyl (C=O) groups is 2. The number of hydrogen-bond donors (Lipinski definition) is 3. The van der Waals surface area contributed by atoms with Crippen molar-refractivity contribution in [3.63, 3.8) is 0 Å². The van der Waals surface area contributed by atoms with E-state index in [9.17, 15) is 19.3 Å². The number of imidazole rings is 1. The van der Waals surface area contributed by atoms with Gasteiger partial charge in [-0.15, -0.1) is 0 Å². The number of esters is 2. The van der Waals surface area contributed by atoms with Gasteiger partial charge in [0.2, 0.25) is 11.8 Å². The molecule has 4 N–H and O–H groups in total. The van der Waals surface area contributed by atoms with Gasteiger partial charge in [0, 0.05) is 0 Å². The summed E-state index contributed by atoms with van der Waals surface area (Å²) in [5.41, 5.74) is 4.27. The third-order valence-electron chi connectivity index (χ3n) is 6.87. The summed E-state index contributed by atoms with van der Waals surface area (Å²) in [5, 5.41) is 13.5. The van der Waals surface area contributed by atoms with Crippen LogP contribution in [0, 0.1) is 0 Å². The number of methoxy groups -OCH3 is 1. The number of benzene rings is 1. The molecule has 1 aliphatic rings. The van der Waals surface area contributed by atoms with Crippen molar-refractivity contribution in [3.8, 4) is 5.88 Å². The Labute approximate surface area is 264 Å². The number of aromatic nitrogens is 4. The number of hydrogen-bond acceptors (Lipinski definition) is 14. The molecule has 0 bridgehead atoms. The number of ether oxygens (including phenoxy) is 4. The highest BCUT2D eigenvalue weighted by Crippen LogP contribution is 2.48. The third kappa shape index (κ3) is 8.15. The van der Waals surface area contributed by atoms with Crippen LogP contribution in [0.5, 0.6) is 5.88 Å². The zero-order chi connectivity index (χ0) is 33.6. The van der Waals surface area contributed by atoms with E-state index in [1.165, 1.54) is 18.0 Å². The van der Waals surface area contributed by atoms with Crippen LogP contribution in [0.25, 0.3) is 11.2 Å². The molecule has 0 radical (unpaired) electrons. The zero-order valence-electron chi connectivity index (χ0n) is 26.0. The summed E-state index contributed by atoms with van der Waals surface area (Å²) in [6.07, 6.45) is -4.01. The molecular formula is C28H38FN6O10P. The third-order valence-corrected chi connectivity index (χ3v) is 8.46. The Hall–Kier alpha value is -3.73. The SMILES string of the molecule is CCOC(=O)COP(=O)(N[C@H](Cc1ccccc1)C(=O)OC(C)C)OC[C@H]1O[C@@H](n2cnc3c(OC)nc(N)nc32)[C@@](C)(F)C1O. The summed E-state index contributed by atoms with van der Waals surface area (Å²) < 4.78 is 63.6. The number of aliphatic hydroxyl groups is 1. The zero-order valence-corrected chi connectivity index (χ0v) is 26.9. The molecule has 3 aromatic rings. The molecule has 6 atom stereocenters. The molecule has 0 saturated carbocycles. The number of nitrogens with one attached hydrogen (secondary N) is 1. The maximum atomic E-state index is 16.1. The Morgan fingerprint density at radius 3 is 2.61 bits per heavy atom. The summed E-state index contributed by atoms with van der Waals surface area (Å²) in [6, 6.07) is 7.55. The van der Waals surface area contributed by atoms with Crippen LogP contribution >= 0.6 is 7.75 Å². The number of halogens is 1. The van der Waals surface area contributed by atoms with E-state index in [1.807, 2.05) is 0 Å². The molecule has 3 heterocycles. The van der Waals surface area contributed by atoms with Crippen LogP contribution in [0.1, 0.15) is 39.5 Å². The number of fused-ring (bicyclic) bond motifs is 1. The highest BCUT2D eigenvalue weighted by molar-refractivity contribution is 7.51. The minimum Gasteiger partial charge on any atom is -0.479 e. The van der Waals surface area contributed by atoms with Gasteiger partial charge in [0.25, 0.3) is 0 Å². The van der Waals surface area contributed by atoms with E-state index in [-0.39, 0.29) is 36.0 Å². The van der Waals surface area contributed by atoms with Crippen molar-refractivity contribution < 1.29 is 51.6 Å². The second-order valence-corrected chi connectivity index (χ2v) is 12.5. The molecule has 1 fully saturated rings. The minimum atomic E-state index is -4.58. The van der Waals surface area contributed by atoms with Gasteiger partial charge in [-0.3, -0.25) is 18.4 Å². The predicted molar refractivity (Wildman–Crippen MR) is 160 cm³/mol. The van der Waals surface area contributed by atoms with Crippen LogP contribution in [-0.2, 0) is 43.8 Å². The van der Waals surface area contributed by atoms with Crippen molar-refractivity contribution in [2.45, 2.75) is 70.4 Å². The van der Waals surface area contributed by atoms with Crippen molar-refractivity contribution in [2.24, 2.45) is 0 Å². The molecule has 16 nitrogen and oxygen atoms in total. The van der Waals surface area contributed by atoms with Crippen LogP contribution in [0.2, 0.25) is 0 Å². The van der Waals surface area contributed by atoms with E-state index < -0.39 is 69.1 Å². The molecule has 0 amide bonds. The van der Waals surface area contributed by atoms with E-state index in [2.05, 4.69) is 20.0 Å². The van der Waals surface area contributed by atoms with Gasteiger partial charge >= 0.3 is 19.7 Å². The fraction of sp³-hybridized carbons (Fsp3) is 0.536. The van der Waals surface area contributed by atoms with Gasteiger partial charge in [-0.1, -0.05) is 30.3 Å². The quantitative estimate of drug-likeness (QED) is 0.157. The van der Waals surface area contributed by atoms with E-state index in [0.29, 0.717) is 5.56 Å². The lowest BCUT2D eigenvalue weighted by Gasteiger charge is -2.26. The van der Waals surface area contributed by atoms with Crippen LogP contribution < -0.4 is 15.6 Å². The number of nitrogens with zero attached hydrogens (tertiary/aromatic N) is 4.